The Hall–Kier alpha value is -1.04. The largest absolute Gasteiger partial charge is 0.384 e. The predicted octanol–water partition coefficient (Wildman–Crippen LogP) is 2.11. The van der Waals surface area contributed by atoms with E-state index < -0.39 is 0 Å². The van der Waals surface area contributed by atoms with E-state index in [1.165, 1.54) is 12.8 Å². The van der Waals surface area contributed by atoms with Crippen molar-refractivity contribution >= 4 is 36.5 Å². The molecule has 21 heavy (non-hydrogen) atoms. The van der Waals surface area contributed by atoms with E-state index in [1.54, 1.807) is 18.2 Å². The van der Waals surface area contributed by atoms with Crippen molar-refractivity contribution in [2.75, 3.05) is 26.4 Å². The maximum Gasteiger partial charge on any atom is 0.270 e. The van der Waals surface area contributed by atoms with Gasteiger partial charge in [-0.25, -0.2) is 4.98 Å². The molecule has 1 saturated carbocycles. The van der Waals surface area contributed by atoms with Crippen LogP contribution in [0.15, 0.2) is 18.2 Å². The summed E-state index contributed by atoms with van der Waals surface area (Å²) in [5.41, 5.74) is 6.06. The van der Waals surface area contributed by atoms with Crippen molar-refractivity contribution in [3.05, 3.63) is 23.9 Å². The molecule has 0 saturated heterocycles. The molecule has 1 heterocycles. The van der Waals surface area contributed by atoms with Gasteiger partial charge in [-0.15, -0.1) is 24.8 Å². The molecule has 0 aromatic carbocycles. The predicted molar refractivity (Wildman–Crippen MR) is 90.4 cm³/mol. The number of carbonyl (C=O) groups is 1. The van der Waals surface area contributed by atoms with Crippen molar-refractivity contribution in [1.29, 1.82) is 0 Å². The lowest BCUT2D eigenvalue weighted by molar-refractivity contribution is 0.0895. The highest BCUT2D eigenvalue weighted by molar-refractivity contribution is 5.92. The highest BCUT2D eigenvalue weighted by Gasteiger charge is 2.36. The van der Waals surface area contributed by atoms with Gasteiger partial charge in [0.15, 0.2) is 0 Å². The molecule has 1 amide bonds. The van der Waals surface area contributed by atoms with Gasteiger partial charge in [0.2, 0.25) is 0 Å². The Bertz CT molecular complexity index is 462. The first-order chi connectivity index (χ1) is 9.03. The van der Waals surface area contributed by atoms with Crippen molar-refractivity contribution in [2.24, 2.45) is 0 Å². The molecular formula is C14H24Cl2N4O. The number of hydrogen-bond donors (Lipinski definition) is 2. The molecule has 1 aromatic rings. The van der Waals surface area contributed by atoms with Gasteiger partial charge in [-0.3, -0.25) is 4.79 Å². The van der Waals surface area contributed by atoms with Crippen LogP contribution in [0, 0.1) is 0 Å². The Morgan fingerprint density at radius 2 is 1.95 bits per heavy atom. The van der Waals surface area contributed by atoms with Gasteiger partial charge in [0.05, 0.1) is 0 Å². The number of rotatable bonds is 4. The zero-order chi connectivity index (χ0) is 13.9. The number of nitrogen functional groups attached to an aromatic ring is 1. The summed E-state index contributed by atoms with van der Waals surface area (Å²) in [6, 6.07) is 5.10. The summed E-state index contributed by atoms with van der Waals surface area (Å²) >= 11 is 0. The Balaban J connectivity index is 0.00000200. The van der Waals surface area contributed by atoms with Crippen LogP contribution in [-0.2, 0) is 0 Å². The minimum absolute atomic E-state index is 0. The third kappa shape index (κ3) is 4.73. The summed E-state index contributed by atoms with van der Waals surface area (Å²) in [5.74, 6) is 0.219. The van der Waals surface area contributed by atoms with Crippen LogP contribution >= 0.6 is 24.8 Å². The SMILES string of the molecule is CN(C)C1(CNC(=O)c2cccc(N)n2)CCCC1.Cl.Cl. The lowest BCUT2D eigenvalue weighted by atomic mass is 9.96. The van der Waals surface area contributed by atoms with Crippen molar-refractivity contribution in [2.45, 2.75) is 31.2 Å². The fourth-order valence-electron chi connectivity index (χ4n) is 2.73. The van der Waals surface area contributed by atoms with Gasteiger partial charge in [0.1, 0.15) is 11.5 Å². The first kappa shape index (κ1) is 20.0. The van der Waals surface area contributed by atoms with Gasteiger partial charge in [0.25, 0.3) is 5.91 Å². The molecule has 1 fully saturated rings. The summed E-state index contributed by atoms with van der Waals surface area (Å²) in [6.07, 6.45) is 4.71. The van der Waals surface area contributed by atoms with E-state index >= 15 is 0 Å². The van der Waals surface area contributed by atoms with Crippen LogP contribution in [-0.4, -0.2) is 42.0 Å². The van der Waals surface area contributed by atoms with Crippen LogP contribution in [0.4, 0.5) is 5.82 Å². The van der Waals surface area contributed by atoms with Crippen molar-refractivity contribution < 1.29 is 4.79 Å². The topological polar surface area (TPSA) is 71.2 Å². The maximum atomic E-state index is 12.1. The molecule has 0 radical (unpaired) electrons. The van der Waals surface area contributed by atoms with E-state index in [9.17, 15) is 4.79 Å². The second-order valence-corrected chi connectivity index (χ2v) is 5.46. The fraction of sp³-hybridized carbons (Fsp3) is 0.571. The van der Waals surface area contributed by atoms with Crippen molar-refractivity contribution in [1.82, 2.24) is 15.2 Å². The first-order valence-corrected chi connectivity index (χ1v) is 6.72. The molecule has 0 unspecified atom stereocenters. The van der Waals surface area contributed by atoms with E-state index in [4.69, 9.17) is 5.73 Å². The minimum Gasteiger partial charge on any atom is -0.384 e. The zero-order valence-electron chi connectivity index (χ0n) is 12.5. The molecule has 2 rings (SSSR count). The molecule has 0 spiro atoms. The van der Waals surface area contributed by atoms with Crippen LogP contribution in [0.25, 0.3) is 0 Å². The van der Waals surface area contributed by atoms with E-state index in [0.717, 1.165) is 12.8 Å². The number of aromatic nitrogens is 1. The fourth-order valence-corrected chi connectivity index (χ4v) is 2.73. The molecule has 0 atom stereocenters. The normalized spacial score (nSPS) is 16.0. The molecule has 1 aliphatic rings. The van der Waals surface area contributed by atoms with Crippen molar-refractivity contribution in [3.8, 4) is 0 Å². The highest BCUT2D eigenvalue weighted by Crippen LogP contribution is 2.33. The number of amides is 1. The second-order valence-electron chi connectivity index (χ2n) is 5.46. The Kier molecular flexibility index (Phi) is 8.00. The average Bonchev–Trinajstić information content (AvgIpc) is 2.86. The number of hydrogen-bond acceptors (Lipinski definition) is 4. The molecular weight excluding hydrogens is 311 g/mol. The van der Waals surface area contributed by atoms with Crippen molar-refractivity contribution in [3.63, 3.8) is 0 Å². The maximum absolute atomic E-state index is 12.1. The van der Waals surface area contributed by atoms with E-state index in [2.05, 4.69) is 29.3 Å². The average molecular weight is 335 g/mol. The monoisotopic (exact) mass is 334 g/mol. The first-order valence-electron chi connectivity index (χ1n) is 6.72. The molecule has 120 valence electrons. The van der Waals surface area contributed by atoms with Crippen LogP contribution in [0.2, 0.25) is 0 Å². The minimum atomic E-state index is -0.152. The molecule has 0 bridgehead atoms. The van der Waals surface area contributed by atoms with E-state index in [1.807, 2.05) is 0 Å². The number of likely N-dealkylation sites (N-methyl/N-ethyl adjacent to an activating group) is 1. The molecule has 7 heteroatoms. The number of halogens is 2. The lowest BCUT2D eigenvalue weighted by Crippen LogP contribution is -2.50. The lowest BCUT2D eigenvalue weighted by Gasteiger charge is -2.36. The number of nitrogens with zero attached hydrogens (tertiary/aromatic N) is 2. The molecule has 1 aliphatic carbocycles. The molecule has 1 aromatic heterocycles. The quantitative estimate of drug-likeness (QED) is 0.884. The standard InChI is InChI=1S/C14H22N4O.2ClH/c1-18(2)14(8-3-4-9-14)10-16-13(19)11-6-5-7-12(15)17-11;;/h5-7H,3-4,8-10H2,1-2H3,(H2,15,17)(H,16,19);2*1H. The summed E-state index contributed by atoms with van der Waals surface area (Å²) < 4.78 is 0. The number of nitrogens with one attached hydrogen (secondary N) is 1. The van der Waals surface area contributed by atoms with E-state index in [-0.39, 0.29) is 36.3 Å². The zero-order valence-corrected chi connectivity index (χ0v) is 14.1. The van der Waals surface area contributed by atoms with Gasteiger partial charge in [0, 0.05) is 12.1 Å². The summed E-state index contributed by atoms with van der Waals surface area (Å²) in [6.45, 7) is 0.662. The van der Waals surface area contributed by atoms with Gasteiger partial charge < -0.3 is 16.0 Å². The molecule has 0 aliphatic heterocycles. The number of nitrogens with two attached hydrogens (primary N) is 1. The third-order valence-electron chi connectivity index (χ3n) is 4.06. The number of pyridine rings is 1. The van der Waals surface area contributed by atoms with Crippen LogP contribution in [0.5, 0.6) is 0 Å². The highest BCUT2D eigenvalue weighted by atomic mass is 35.5. The van der Waals surface area contributed by atoms with Gasteiger partial charge in [-0.05, 0) is 39.1 Å². The summed E-state index contributed by atoms with van der Waals surface area (Å²) in [7, 11) is 4.16. The second kappa shape index (κ2) is 8.41. The Labute approximate surface area is 138 Å². The molecule has 5 nitrogen and oxygen atoms in total. The summed E-state index contributed by atoms with van der Waals surface area (Å²) in [4.78, 5) is 18.3. The Morgan fingerprint density at radius 1 is 1.33 bits per heavy atom. The van der Waals surface area contributed by atoms with Gasteiger partial charge >= 0.3 is 0 Å². The third-order valence-corrected chi connectivity index (χ3v) is 4.06. The molecule has 3 N–H and O–H groups in total. The Morgan fingerprint density at radius 3 is 2.48 bits per heavy atom. The summed E-state index contributed by atoms with van der Waals surface area (Å²) in [5, 5.41) is 2.99. The number of carbonyl (C=O) groups excluding carboxylic acids is 1. The number of anilines is 1. The van der Waals surface area contributed by atoms with Gasteiger partial charge in [-0.1, -0.05) is 18.9 Å². The van der Waals surface area contributed by atoms with Gasteiger partial charge in [-0.2, -0.15) is 0 Å². The smallest absolute Gasteiger partial charge is 0.270 e. The van der Waals surface area contributed by atoms with E-state index in [0.29, 0.717) is 18.1 Å². The van der Waals surface area contributed by atoms with Crippen LogP contribution in [0.1, 0.15) is 36.2 Å². The van der Waals surface area contributed by atoms with Crippen LogP contribution in [0.3, 0.4) is 0 Å². The van der Waals surface area contributed by atoms with Crippen LogP contribution < -0.4 is 11.1 Å².